The molecule has 8 nitrogen and oxygen atoms in total. The summed E-state index contributed by atoms with van der Waals surface area (Å²) in [6.45, 7) is 0. The van der Waals surface area contributed by atoms with E-state index in [0.29, 0.717) is 0 Å². The molecule has 0 aliphatic rings. The quantitative estimate of drug-likeness (QED) is 0.512. The number of rotatable bonds is 7. The molecule has 0 aliphatic carbocycles. The number of carbonyl (C=O) groups is 4. The van der Waals surface area contributed by atoms with E-state index in [0.717, 1.165) is 0 Å². The van der Waals surface area contributed by atoms with Gasteiger partial charge in [0.2, 0.25) is 0 Å². The van der Waals surface area contributed by atoms with Gasteiger partial charge in [-0.2, -0.15) is 0 Å². The number of carboxylic acid groups (broad SMARTS) is 4. The Labute approximate surface area is 138 Å². The molecule has 2 unspecified atom stereocenters. The topological polar surface area (TPSA) is 149 Å². The van der Waals surface area contributed by atoms with Crippen molar-refractivity contribution in [1.29, 1.82) is 0 Å². The van der Waals surface area contributed by atoms with Gasteiger partial charge in [-0.25, -0.2) is 0 Å². The fourth-order valence-corrected chi connectivity index (χ4v) is 1.18. The Morgan fingerprint density at radius 1 is 0.600 bits per heavy atom. The lowest BCUT2D eigenvalue weighted by Gasteiger charge is -2.16. The summed E-state index contributed by atoms with van der Waals surface area (Å²) in [4.78, 5) is 41.9. The maximum Gasteiger partial charge on any atom is 0.307 e. The third-order valence-electron chi connectivity index (χ3n) is 1.91. The Morgan fingerprint density at radius 2 is 0.800 bits per heavy atom. The number of hydrogen-bond donors (Lipinski definition) is 4. The maximum atomic E-state index is 10.6. The summed E-state index contributed by atoms with van der Waals surface area (Å²) in [5.41, 5.74) is 0. The van der Waals surface area contributed by atoms with Crippen LogP contribution in [-0.2, 0) is 19.2 Å². The van der Waals surface area contributed by atoms with Gasteiger partial charge in [-0.15, -0.1) is 49.6 Å². The molecule has 0 spiro atoms. The summed E-state index contributed by atoms with van der Waals surface area (Å²) >= 11 is 0. The summed E-state index contributed by atoms with van der Waals surface area (Å²) in [7, 11) is 0. The first kappa shape index (κ1) is 31.4. The molecule has 0 saturated carbocycles. The first-order chi connectivity index (χ1) is 7.25. The van der Waals surface area contributed by atoms with E-state index in [1.807, 2.05) is 0 Å². The van der Waals surface area contributed by atoms with Gasteiger partial charge in [-0.3, -0.25) is 19.2 Å². The molecule has 20 heavy (non-hydrogen) atoms. The molecule has 0 rings (SSSR count). The third-order valence-corrected chi connectivity index (χ3v) is 1.91. The van der Waals surface area contributed by atoms with E-state index in [1.54, 1.807) is 0 Å². The lowest BCUT2D eigenvalue weighted by molar-refractivity contribution is -0.160. The van der Waals surface area contributed by atoms with Crippen molar-refractivity contribution in [2.75, 3.05) is 0 Å². The van der Waals surface area contributed by atoms with Gasteiger partial charge in [0, 0.05) is 0 Å². The first-order valence-corrected chi connectivity index (χ1v) is 4.15. The van der Waals surface area contributed by atoms with Crippen molar-refractivity contribution < 1.29 is 39.6 Å². The lowest BCUT2D eigenvalue weighted by atomic mass is 9.87. The SMILES string of the molecule is Cl.Cl.Cl.Cl.O=C(O)CC(C(=O)O)C(CC(=O)O)C(=O)O. The molecular formula is C8H14Cl4O8. The number of halogens is 4. The molecule has 0 heterocycles. The summed E-state index contributed by atoms with van der Waals surface area (Å²) in [6.07, 6.45) is -1.86. The summed E-state index contributed by atoms with van der Waals surface area (Å²) < 4.78 is 0. The summed E-state index contributed by atoms with van der Waals surface area (Å²) in [5, 5.41) is 34.1. The highest BCUT2D eigenvalue weighted by Crippen LogP contribution is 2.20. The van der Waals surface area contributed by atoms with Crippen molar-refractivity contribution in [3.05, 3.63) is 0 Å². The molecule has 0 saturated heterocycles. The van der Waals surface area contributed by atoms with Crippen LogP contribution in [0.5, 0.6) is 0 Å². The van der Waals surface area contributed by atoms with Crippen LogP contribution in [0.1, 0.15) is 12.8 Å². The summed E-state index contributed by atoms with van der Waals surface area (Å²) in [5.74, 6) is -9.79. The van der Waals surface area contributed by atoms with E-state index in [9.17, 15) is 19.2 Å². The largest absolute Gasteiger partial charge is 0.481 e. The minimum atomic E-state index is -1.76. The maximum absolute atomic E-state index is 10.6. The van der Waals surface area contributed by atoms with Gasteiger partial charge in [0.15, 0.2) is 0 Å². The third kappa shape index (κ3) is 12.1. The Bertz CT molecular complexity index is 302. The Kier molecular flexibility index (Phi) is 22.7. The molecule has 0 fully saturated rings. The van der Waals surface area contributed by atoms with Crippen LogP contribution in [-0.4, -0.2) is 44.3 Å². The second kappa shape index (κ2) is 14.4. The van der Waals surface area contributed by atoms with Crippen LogP contribution in [0, 0.1) is 11.8 Å². The molecule has 4 N–H and O–H groups in total. The van der Waals surface area contributed by atoms with Crippen LogP contribution in [0.4, 0.5) is 0 Å². The van der Waals surface area contributed by atoms with Crippen LogP contribution in [0.2, 0.25) is 0 Å². The fourth-order valence-electron chi connectivity index (χ4n) is 1.18. The van der Waals surface area contributed by atoms with Crippen LogP contribution < -0.4 is 0 Å². The number of aliphatic carboxylic acids is 4. The summed E-state index contributed by atoms with van der Waals surface area (Å²) in [6, 6.07) is 0. The van der Waals surface area contributed by atoms with E-state index >= 15 is 0 Å². The molecule has 0 aliphatic heterocycles. The Morgan fingerprint density at radius 3 is 0.900 bits per heavy atom. The van der Waals surface area contributed by atoms with E-state index in [2.05, 4.69) is 0 Å². The average Bonchev–Trinajstić information content (AvgIpc) is 2.09. The van der Waals surface area contributed by atoms with Gasteiger partial charge in [-0.1, -0.05) is 0 Å². The van der Waals surface area contributed by atoms with E-state index in [1.165, 1.54) is 0 Å². The molecule has 122 valence electrons. The normalized spacial score (nSPS) is 11.0. The Balaban J connectivity index is -0.000000187. The predicted octanol–water partition coefficient (Wildman–Crippen LogP) is 1.02. The zero-order valence-corrected chi connectivity index (χ0v) is 12.9. The van der Waals surface area contributed by atoms with Crippen molar-refractivity contribution in [2.24, 2.45) is 11.8 Å². The molecule has 12 heteroatoms. The van der Waals surface area contributed by atoms with E-state index in [4.69, 9.17) is 20.4 Å². The van der Waals surface area contributed by atoms with Crippen molar-refractivity contribution >= 4 is 73.5 Å². The molecule has 0 aromatic carbocycles. The minimum Gasteiger partial charge on any atom is -0.481 e. The molecule has 0 aromatic heterocycles. The van der Waals surface area contributed by atoms with Crippen molar-refractivity contribution in [2.45, 2.75) is 12.8 Å². The van der Waals surface area contributed by atoms with Crippen molar-refractivity contribution in [3.8, 4) is 0 Å². The fraction of sp³-hybridized carbons (Fsp3) is 0.500. The first-order valence-electron chi connectivity index (χ1n) is 4.15. The van der Waals surface area contributed by atoms with Crippen LogP contribution in [0.15, 0.2) is 0 Å². The van der Waals surface area contributed by atoms with Crippen molar-refractivity contribution in [1.82, 2.24) is 0 Å². The van der Waals surface area contributed by atoms with Gasteiger partial charge in [-0.05, 0) is 0 Å². The van der Waals surface area contributed by atoms with Gasteiger partial charge in [0.1, 0.15) is 0 Å². The molecule has 0 radical (unpaired) electrons. The zero-order chi connectivity index (χ0) is 12.9. The predicted molar refractivity (Wildman–Crippen MR) is 75.7 cm³/mol. The lowest BCUT2D eigenvalue weighted by Crippen LogP contribution is -2.33. The highest BCUT2D eigenvalue weighted by Gasteiger charge is 2.36. The van der Waals surface area contributed by atoms with Gasteiger partial charge in [0.05, 0.1) is 24.7 Å². The van der Waals surface area contributed by atoms with E-state index < -0.39 is 48.6 Å². The molecule has 2 atom stereocenters. The standard InChI is InChI=1S/C8H10O8.4ClH/c9-5(10)1-3(7(13)14)4(8(15)16)2-6(11)12;;;;/h3-4H,1-2H2,(H,9,10)(H,11,12)(H,13,14)(H,15,16);4*1H. The zero-order valence-electron chi connectivity index (χ0n) is 9.62. The van der Waals surface area contributed by atoms with Crippen LogP contribution in [0.25, 0.3) is 0 Å². The monoisotopic (exact) mass is 378 g/mol. The molecule has 0 bridgehead atoms. The van der Waals surface area contributed by atoms with Crippen LogP contribution in [0.3, 0.4) is 0 Å². The molecule has 0 amide bonds. The van der Waals surface area contributed by atoms with Gasteiger partial charge < -0.3 is 20.4 Å². The van der Waals surface area contributed by atoms with Crippen LogP contribution >= 0.6 is 49.6 Å². The minimum absolute atomic E-state index is 0. The second-order valence-corrected chi connectivity index (χ2v) is 3.09. The van der Waals surface area contributed by atoms with Gasteiger partial charge in [0.25, 0.3) is 0 Å². The number of hydrogen-bond acceptors (Lipinski definition) is 4. The van der Waals surface area contributed by atoms with E-state index in [-0.39, 0.29) is 49.6 Å². The molecular weight excluding hydrogens is 366 g/mol. The number of carboxylic acids is 4. The molecule has 0 aromatic rings. The van der Waals surface area contributed by atoms with Crippen molar-refractivity contribution in [3.63, 3.8) is 0 Å². The smallest absolute Gasteiger partial charge is 0.307 e. The second-order valence-electron chi connectivity index (χ2n) is 3.09. The average molecular weight is 380 g/mol. The highest BCUT2D eigenvalue weighted by atomic mass is 35.5. The highest BCUT2D eigenvalue weighted by molar-refractivity contribution is 5.86. The van der Waals surface area contributed by atoms with Gasteiger partial charge >= 0.3 is 23.9 Å². The Hall–Kier alpha value is -0.960.